The first-order valence-corrected chi connectivity index (χ1v) is 10.5. The molecule has 0 radical (unpaired) electrons. The Hall–Kier alpha value is -2.22. The first-order chi connectivity index (χ1) is 12.9. The van der Waals surface area contributed by atoms with Crippen LogP contribution in [0.3, 0.4) is 0 Å². The van der Waals surface area contributed by atoms with Crippen molar-refractivity contribution >= 4 is 15.9 Å². The molecule has 0 saturated carbocycles. The number of carbonyl (C=O) groups excluding carboxylic acids is 1. The lowest BCUT2D eigenvalue weighted by molar-refractivity contribution is 0.0942. The minimum atomic E-state index is -3.53. The van der Waals surface area contributed by atoms with Gasteiger partial charge in [0.05, 0.1) is 11.0 Å². The highest BCUT2D eigenvalue weighted by Crippen LogP contribution is 2.17. The number of nitrogens with zero attached hydrogens (tertiary/aromatic N) is 1. The van der Waals surface area contributed by atoms with Gasteiger partial charge in [0.15, 0.2) is 0 Å². The van der Waals surface area contributed by atoms with E-state index in [0.717, 1.165) is 5.56 Å². The topological polar surface area (TPSA) is 86.7 Å². The Morgan fingerprint density at radius 2 is 1.63 bits per heavy atom. The number of aliphatic hydroxyl groups excluding tert-OH is 1. The summed E-state index contributed by atoms with van der Waals surface area (Å²) >= 11 is 0. The molecule has 0 aliphatic heterocycles. The zero-order valence-corrected chi connectivity index (χ0v) is 16.4. The standard InChI is InChI=1S/C20H26N2O4S/c1-3-22(4-2)27(25,26)18-12-10-17(11-13-18)20(24)21-15-14-19(23)16-8-6-5-7-9-16/h5-13,19,23H,3-4,14-15H2,1-2H3,(H,21,24). The molecule has 7 heteroatoms. The highest BCUT2D eigenvalue weighted by Gasteiger charge is 2.21. The molecule has 2 N–H and O–H groups in total. The van der Waals surface area contributed by atoms with Crippen LogP contribution in [0.5, 0.6) is 0 Å². The summed E-state index contributed by atoms with van der Waals surface area (Å²) in [7, 11) is -3.53. The smallest absolute Gasteiger partial charge is 0.251 e. The Labute approximate surface area is 160 Å². The maximum atomic E-state index is 12.5. The van der Waals surface area contributed by atoms with Crippen molar-refractivity contribution in [3.8, 4) is 0 Å². The van der Waals surface area contributed by atoms with Gasteiger partial charge in [0, 0.05) is 25.2 Å². The second-order valence-electron chi connectivity index (χ2n) is 6.08. The van der Waals surface area contributed by atoms with Crippen LogP contribution in [0.2, 0.25) is 0 Å². The van der Waals surface area contributed by atoms with E-state index < -0.39 is 16.1 Å². The monoisotopic (exact) mass is 390 g/mol. The van der Waals surface area contributed by atoms with Crippen LogP contribution in [0.1, 0.15) is 42.3 Å². The highest BCUT2D eigenvalue weighted by molar-refractivity contribution is 7.89. The van der Waals surface area contributed by atoms with Crippen molar-refractivity contribution < 1.29 is 18.3 Å². The molecule has 2 aromatic rings. The minimum absolute atomic E-state index is 0.169. The first-order valence-electron chi connectivity index (χ1n) is 9.01. The van der Waals surface area contributed by atoms with Crippen LogP contribution >= 0.6 is 0 Å². The zero-order valence-electron chi connectivity index (χ0n) is 15.6. The van der Waals surface area contributed by atoms with Gasteiger partial charge in [-0.15, -0.1) is 0 Å². The van der Waals surface area contributed by atoms with Gasteiger partial charge in [-0.3, -0.25) is 4.79 Å². The molecule has 2 aromatic carbocycles. The van der Waals surface area contributed by atoms with Crippen molar-refractivity contribution in [1.29, 1.82) is 0 Å². The molecular formula is C20H26N2O4S. The predicted octanol–water partition coefficient (Wildman–Crippen LogP) is 2.57. The lowest BCUT2D eigenvalue weighted by Crippen LogP contribution is -2.30. The third-order valence-corrected chi connectivity index (χ3v) is 6.41. The summed E-state index contributed by atoms with van der Waals surface area (Å²) in [4.78, 5) is 12.4. The molecule has 2 rings (SSSR count). The normalized spacial score (nSPS) is 12.7. The summed E-state index contributed by atoms with van der Waals surface area (Å²) in [5.74, 6) is -0.304. The molecule has 1 unspecified atom stereocenters. The van der Waals surface area contributed by atoms with E-state index in [4.69, 9.17) is 0 Å². The van der Waals surface area contributed by atoms with Gasteiger partial charge >= 0.3 is 0 Å². The molecule has 27 heavy (non-hydrogen) atoms. The largest absolute Gasteiger partial charge is 0.388 e. The summed E-state index contributed by atoms with van der Waals surface area (Å²) in [5, 5.41) is 12.9. The third kappa shape index (κ3) is 5.38. The molecule has 146 valence electrons. The number of nitrogens with one attached hydrogen (secondary N) is 1. The summed E-state index contributed by atoms with van der Waals surface area (Å²) in [6.45, 7) is 4.67. The highest BCUT2D eigenvalue weighted by atomic mass is 32.2. The second kappa shape index (κ2) is 9.64. The van der Waals surface area contributed by atoms with E-state index in [1.165, 1.54) is 28.6 Å². The van der Waals surface area contributed by atoms with E-state index in [0.29, 0.717) is 31.6 Å². The number of aliphatic hydroxyl groups is 1. The van der Waals surface area contributed by atoms with E-state index in [1.807, 2.05) is 30.3 Å². The lowest BCUT2D eigenvalue weighted by Gasteiger charge is -2.18. The Bertz CT molecular complexity index is 832. The molecule has 0 fully saturated rings. The van der Waals surface area contributed by atoms with Crippen LogP contribution in [0.15, 0.2) is 59.5 Å². The van der Waals surface area contributed by atoms with Crippen LogP contribution in [-0.4, -0.2) is 43.4 Å². The number of amides is 1. The third-order valence-electron chi connectivity index (χ3n) is 4.35. The summed E-state index contributed by atoms with van der Waals surface area (Å²) in [6.07, 6.45) is -0.252. The van der Waals surface area contributed by atoms with Gasteiger partial charge in [0.25, 0.3) is 5.91 Å². The van der Waals surface area contributed by atoms with Crippen LogP contribution in [0.4, 0.5) is 0 Å². The van der Waals surface area contributed by atoms with E-state index >= 15 is 0 Å². The number of hydrogen-bond acceptors (Lipinski definition) is 4. The van der Waals surface area contributed by atoms with Crippen molar-refractivity contribution in [3.63, 3.8) is 0 Å². The number of rotatable bonds is 9. The molecule has 6 nitrogen and oxygen atoms in total. The first kappa shape index (κ1) is 21.1. The van der Waals surface area contributed by atoms with E-state index in [-0.39, 0.29) is 10.8 Å². The molecule has 0 heterocycles. The molecule has 0 bridgehead atoms. The van der Waals surface area contributed by atoms with Crippen LogP contribution < -0.4 is 5.32 Å². The van der Waals surface area contributed by atoms with Crippen LogP contribution in [0, 0.1) is 0 Å². The molecule has 1 atom stereocenters. The zero-order chi connectivity index (χ0) is 19.9. The minimum Gasteiger partial charge on any atom is -0.388 e. The molecule has 0 aromatic heterocycles. The van der Waals surface area contributed by atoms with Gasteiger partial charge < -0.3 is 10.4 Å². The number of hydrogen-bond donors (Lipinski definition) is 2. The molecule has 0 aliphatic carbocycles. The van der Waals surface area contributed by atoms with Crippen molar-refractivity contribution in [2.24, 2.45) is 0 Å². The number of carbonyl (C=O) groups is 1. The molecular weight excluding hydrogens is 364 g/mol. The van der Waals surface area contributed by atoms with Crippen LogP contribution in [0.25, 0.3) is 0 Å². The predicted molar refractivity (Wildman–Crippen MR) is 105 cm³/mol. The molecule has 1 amide bonds. The summed E-state index contributed by atoms with van der Waals surface area (Å²) in [5.41, 5.74) is 1.18. The SMILES string of the molecule is CCN(CC)S(=O)(=O)c1ccc(C(=O)NCCC(O)c2ccccc2)cc1. The molecule has 0 aliphatic rings. The Kier molecular flexibility index (Phi) is 7.53. The summed E-state index contributed by atoms with van der Waals surface area (Å²) < 4.78 is 26.3. The average Bonchev–Trinajstić information content (AvgIpc) is 2.69. The Morgan fingerprint density at radius 1 is 1.04 bits per heavy atom. The van der Waals surface area contributed by atoms with Gasteiger partial charge in [-0.2, -0.15) is 4.31 Å². The van der Waals surface area contributed by atoms with Crippen molar-refractivity contribution in [1.82, 2.24) is 9.62 Å². The quantitative estimate of drug-likeness (QED) is 0.689. The maximum Gasteiger partial charge on any atom is 0.251 e. The molecule has 0 saturated heterocycles. The Balaban J connectivity index is 1.94. The average molecular weight is 391 g/mol. The van der Waals surface area contributed by atoms with Crippen molar-refractivity contribution in [2.45, 2.75) is 31.3 Å². The maximum absolute atomic E-state index is 12.5. The van der Waals surface area contributed by atoms with Crippen molar-refractivity contribution in [3.05, 3.63) is 65.7 Å². The Morgan fingerprint density at radius 3 is 2.19 bits per heavy atom. The van der Waals surface area contributed by atoms with Gasteiger partial charge in [0.1, 0.15) is 0 Å². The van der Waals surface area contributed by atoms with Gasteiger partial charge in [-0.1, -0.05) is 44.2 Å². The fourth-order valence-electron chi connectivity index (χ4n) is 2.76. The van der Waals surface area contributed by atoms with Gasteiger partial charge in [-0.25, -0.2) is 8.42 Å². The van der Waals surface area contributed by atoms with E-state index in [2.05, 4.69) is 5.32 Å². The van der Waals surface area contributed by atoms with Gasteiger partial charge in [0.2, 0.25) is 10.0 Å². The van der Waals surface area contributed by atoms with E-state index in [1.54, 1.807) is 13.8 Å². The fraction of sp³-hybridized carbons (Fsp3) is 0.350. The second-order valence-corrected chi connectivity index (χ2v) is 8.02. The fourth-order valence-corrected chi connectivity index (χ4v) is 4.22. The van der Waals surface area contributed by atoms with Crippen molar-refractivity contribution in [2.75, 3.05) is 19.6 Å². The number of benzene rings is 2. The van der Waals surface area contributed by atoms with Gasteiger partial charge in [-0.05, 0) is 36.2 Å². The van der Waals surface area contributed by atoms with Crippen LogP contribution in [-0.2, 0) is 10.0 Å². The number of sulfonamides is 1. The molecule has 0 spiro atoms. The summed E-state index contributed by atoms with van der Waals surface area (Å²) in [6, 6.07) is 15.1. The lowest BCUT2D eigenvalue weighted by atomic mass is 10.1. The van der Waals surface area contributed by atoms with E-state index in [9.17, 15) is 18.3 Å².